The molecule has 0 heterocycles. The minimum absolute atomic E-state index is 0. The van der Waals surface area contributed by atoms with Crippen LogP contribution in [0.2, 0.25) is 19.6 Å². The van der Waals surface area contributed by atoms with E-state index in [2.05, 4.69) is 0 Å². The lowest BCUT2D eigenvalue weighted by Gasteiger charge is -2.18. The number of carbonyl (C=O) groups is 1. The van der Waals surface area contributed by atoms with Crippen molar-refractivity contribution in [2.75, 3.05) is 0 Å². The molecule has 0 aliphatic heterocycles. The van der Waals surface area contributed by atoms with Crippen molar-refractivity contribution in [2.24, 2.45) is 5.73 Å². The average Bonchev–Trinajstić information content (AvgIpc) is 1.60. The van der Waals surface area contributed by atoms with E-state index in [1.54, 1.807) is 6.92 Å². The molecule has 3 nitrogen and oxygen atoms in total. The van der Waals surface area contributed by atoms with Crippen LogP contribution in [0.5, 0.6) is 0 Å². The van der Waals surface area contributed by atoms with Crippen LogP contribution in [-0.2, 0) is 9.22 Å². The van der Waals surface area contributed by atoms with E-state index < -0.39 is 14.4 Å². The number of halogens is 1. The lowest BCUT2D eigenvalue weighted by Crippen LogP contribution is -2.37. The normalized spacial score (nSPS) is 13.2. The summed E-state index contributed by atoms with van der Waals surface area (Å²) in [4.78, 5) is 10.8. The molecule has 0 aromatic rings. The zero-order valence-corrected chi connectivity index (χ0v) is 9.20. The zero-order chi connectivity index (χ0) is 8.36. The molecule has 0 spiro atoms. The Balaban J connectivity index is 0. The van der Waals surface area contributed by atoms with Crippen molar-refractivity contribution in [2.45, 2.75) is 32.6 Å². The highest BCUT2D eigenvalue weighted by atomic mass is 35.5. The van der Waals surface area contributed by atoms with Crippen molar-refractivity contribution in [3.8, 4) is 0 Å². The van der Waals surface area contributed by atoms with Gasteiger partial charge in [-0.3, -0.25) is 4.79 Å². The summed E-state index contributed by atoms with van der Waals surface area (Å²) in [5.74, 6) is -0.292. The van der Waals surface area contributed by atoms with E-state index in [0.717, 1.165) is 0 Å². The van der Waals surface area contributed by atoms with E-state index in [4.69, 9.17) is 10.2 Å². The molecule has 0 bridgehead atoms. The molecule has 0 saturated carbocycles. The molecule has 0 aromatic heterocycles. The molecule has 11 heavy (non-hydrogen) atoms. The summed E-state index contributed by atoms with van der Waals surface area (Å²) in [6, 6.07) is -0.494. The number of hydrogen-bond donors (Lipinski definition) is 1. The largest absolute Gasteiger partial charge is 0.519 e. The molecule has 0 saturated heterocycles. The van der Waals surface area contributed by atoms with E-state index in [0.29, 0.717) is 0 Å². The van der Waals surface area contributed by atoms with Crippen molar-refractivity contribution in [3.63, 3.8) is 0 Å². The maximum absolute atomic E-state index is 10.8. The van der Waals surface area contributed by atoms with Crippen LogP contribution < -0.4 is 5.73 Å². The van der Waals surface area contributed by atoms with E-state index in [1.165, 1.54) is 0 Å². The summed E-state index contributed by atoms with van der Waals surface area (Å²) < 4.78 is 5.07. The van der Waals surface area contributed by atoms with Crippen LogP contribution in [0, 0.1) is 0 Å². The Morgan fingerprint density at radius 2 is 1.82 bits per heavy atom. The smallest absolute Gasteiger partial charge is 0.309 e. The third kappa shape index (κ3) is 7.84. The maximum atomic E-state index is 10.8. The number of carbonyl (C=O) groups excluding carboxylic acids is 1. The van der Waals surface area contributed by atoms with Gasteiger partial charge in [0.1, 0.15) is 0 Å². The molecule has 68 valence electrons. The second-order valence-electron chi connectivity index (χ2n) is 3.32. The molecule has 0 amide bonds. The first-order valence-corrected chi connectivity index (χ1v) is 6.72. The Labute approximate surface area is 74.8 Å². The summed E-state index contributed by atoms with van der Waals surface area (Å²) in [6.45, 7) is 7.48. The molecule has 0 radical (unpaired) electrons. The maximum Gasteiger partial charge on any atom is 0.309 e. The van der Waals surface area contributed by atoms with E-state index >= 15 is 0 Å². The van der Waals surface area contributed by atoms with Crippen LogP contribution in [0.1, 0.15) is 6.92 Å². The molecular formula is C6H16ClNO2Si. The molecular weight excluding hydrogens is 182 g/mol. The molecule has 1 unspecified atom stereocenters. The minimum atomic E-state index is -1.71. The van der Waals surface area contributed by atoms with Crippen LogP contribution in [-0.4, -0.2) is 20.3 Å². The molecule has 0 fully saturated rings. The molecule has 0 aliphatic carbocycles. The molecule has 0 rings (SSSR count). The van der Waals surface area contributed by atoms with Crippen molar-refractivity contribution in [1.82, 2.24) is 0 Å². The van der Waals surface area contributed by atoms with Crippen LogP contribution in [0.25, 0.3) is 0 Å². The van der Waals surface area contributed by atoms with Gasteiger partial charge in [0.2, 0.25) is 8.32 Å². The van der Waals surface area contributed by atoms with Gasteiger partial charge in [-0.25, -0.2) is 0 Å². The van der Waals surface area contributed by atoms with Crippen LogP contribution in [0.4, 0.5) is 0 Å². The summed E-state index contributed by atoms with van der Waals surface area (Å²) in [6.07, 6.45) is 0. The fraction of sp³-hybridized carbons (Fsp3) is 0.833. The van der Waals surface area contributed by atoms with E-state index in [-0.39, 0.29) is 18.4 Å². The lowest BCUT2D eigenvalue weighted by molar-refractivity contribution is -0.136. The van der Waals surface area contributed by atoms with Crippen molar-refractivity contribution >= 4 is 26.7 Å². The first-order chi connectivity index (χ1) is 4.33. The van der Waals surface area contributed by atoms with Crippen molar-refractivity contribution in [1.29, 1.82) is 0 Å². The summed E-state index contributed by atoms with van der Waals surface area (Å²) in [5.41, 5.74) is 5.29. The number of hydrogen-bond acceptors (Lipinski definition) is 3. The van der Waals surface area contributed by atoms with Crippen LogP contribution in [0.3, 0.4) is 0 Å². The Bertz CT molecular complexity index is 133. The predicted octanol–water partition coefficient (Wildman–Crippen LogP) is 1.13. The highest BCUT2D eigenvalue weighted by Crippen LogP contribution is 2.03. The first-order valence-electron chi connectivity index (χ1n) is 3.31. The van der Waals surface area contributed by atoms with Gasteiger partial charge in [-0.2, -0.15) is 0 Å². The highest BCUT2D eigenvalue weighted by Gasteiger charge is 2.21. The average molecular weight is 198 g/mol. The van der Waals surface area contributed by atoms with Crippen LogP contribution in [0.15, 0.2) is 0 Å². The minimum Gasteiger partial charge on any atom is -0.519 e. The Kier molecular flexibility index (Phi) is 5.83. The van der Waals surface area contributed by atoms with Crippen molar-refractivity contribution < 1.29 is 9.22 Å². The second kappa shape index (κ2) is 4.74. The van der Waals surface area contributed by atoms with Gasteiger partial charge in [0.15, 0.2) is 0 Å². The second-order valence-corrected chi connectivity index (χ2v) is 7.75. The number of rotatable bonds is 2. The SMILES string of the molecule is CC(N)C(=O)O[Si](C)(C)C.Cl. The first kappa shape index (κ1) is 13.5. The van der Waals surface area contributed by atoms with E-state index in [1.807, 2.05) is 19.6 Å². The van der Waals surface area contributed by atoms with Gasteiger partial charge in [-0.15, -0.1) is 12.4 Å². The van der Waals surface area contributed by atoms with Crippen molar-refractivity contribution in [3.05, 3.63) is 0 Å². The van der Waals surface area contributed by atoms with Gasteiger partial charge in [-0.1, -0.05) is 0 Å². The summed E-state index contributed by atoms with van der Waals surface area (Å²) in [5, 5.41) is 0. The standard InChI is InChI=1S/C6H15NO2Si.ClH/c1-5(7)6(8)9-10(2,3)4;/h5H,7H2,1-4H3;1H. The van der Waals surface area contributed by atoms with Gasteiger partial charge in [-0.05, 0) is 26.6 Å². The van der Waals surface area contributed by atoms with E-state index in [9.17, 15) is 4.79 Å². The zero-order valence-electron chi connectivity index (χ0n) is 7.38. The van der Waals surface area contributed by atoms with Gasteiger partial charge in [0.25, 0.3) is 0 Å². The Hall–Kier alpha value is -0.0631. The highest BCUT2D eigenvalue weighted by molar-refractivity contribution is 6.71. The third-order valence-electron chi connectivity index (χ3n) is 0.779. The van der Waals surface area contributed by atoms with Gasteiger partial charge >= 0.3 is 5.97 Å². The Morgan fingerprint density at radius 1 is 1.45 bits per heavy atom. The fourth-order valence-corrected chi connectivity index (χ4v) is 1.18. The van der Waals surface area contributed by atoms with Gasteiger partial charge in [0, 0.05) is 0 Å². The summed E-state index contributed by atoms with van der Waals surface area (Å²) >= 11 is 0. The fourth-order valence-electron chi connectivity index (χ4n) is 0.395. The van der Waals surface area contributed by atoms with Gasteiger partial charge in [0.05, 0.1) is 6.04 Å². The number of nitrogens with two attached hydrogens (primary N) is 1. The lowest BCUT2D eigenvalue weighted by atomic mass is 10.4. The molecule has 0 aliphatic rings. The predicted molar refractivity (Wildman–Crippen MR) is 50.3 cm³/mol. The molecule has 0 aromatic carbocycles. The third-order valence-corrected chi connectivity index (χ3v) is 1.59. The van der Waals surface area contributed by atoms with Crippen LogP contribution >= 0.6 is 12.4 Å². The molecule has 5 heteroatoms. The monoisotopic (exact) mass is 197 g/mol. The Morgan fingerprint density at radius 3 is 1.91 bits per heavy atom. The van der Waals surface area contributed by atoms with Gasteiger partial charge < -0.3 is 10.2 Å². The summed E-state index contributed by atoms with van der Waals surface area (Å²) in [7, 11) is -1.71. The quantitative estimate of drug-likeness (QED) is 0.676. The topological polar surface area (TPSA) is 52.3 Å². The molecule has 2 N–H and O–H groups in total. The molecule has 1 atom stereocenters.